The van der Waals surface area contributed by atoms with Gasteiger partial charge in [-0.15, -0.1) is 0 Å². The van der Waals surface area contributed by atoms with Crippen LogP contribution < -0.4 is 0 Å². The van der Waals surface area contributed by atoms with Crippen molar-refractivity contribution < 1.29 is 0 Å². The first-order valence-corrected chi connectivity index (χ1v) is 20.7. The molecule has 10 aromatic carbocycles. The number of aromatic nitrogens is 4. The summed E-state index contributed by atoms with van der Waals surface area (Å²) in [4.78, 5) is 15.4. The van der Waals surface area contributed by atoms with Gasteiger partial charge in [0.15, 0.2) is 17.5 Å². The second kappa shape index (κ2) is 14.3. The van der Waals surface area contributed by atoms with E-state index in [1.165, 1.54) is 54.2 Å². The van der Waals surface area contributed by atoms with Crippen molar-refractivity contribution in [2.45, 2.75) is 0 Å². The Kier molecular flexibility index (Phi) is 8.13. The molecule has 0 N–H and O–H groups in total. The van der Waals surface area contributed by atoms with Crippen LogP contribution in [0.2, 0.25) is 0 Å². The van der Waals surface area contributed by atoms with Crippen molar-refractivity contribution in [3.8, 4) is 62.1 Å². The Morgan fingerprint density at radius 1 is 0.279 bits per heavy atom. The Morgan fingerprint density at radius 3 is 1.46 bits per heavy atom. The highest BCUT2D eigenvalue weighted by atomic mass is 15.1. The summed E-state index contributed by atoms with van der Waals surface area (Å²) in [5.74, 6) is 1.87. The maximum absolute atomic E-state index is 5.21. The van der Waals surface area contributed by atoms with Gasteiger partial charge in [-0.05, 0) is 84.9 Å². The van der Waals surface area contributed by atoms with Crippen molar-refractivity contribution in [1.29, 1.82) is 0 Å². The topological polar surface area (TPSA) is 43.6 Å². The van der Waals surface area contributed by atoms with Crippen LogP contribution in [0.5, 0.6) is 0 Å². The van der Waals surface area contributed by atoms with Gasteiger partial charge in [-0.2, -0.15) is 0 Å². The fraction of sp³-hybridized carbons (Fsp3) is 0. The maximum Gasteiger partial charge on any atom is 0.166 e. The SMILES string of the molecule is c1ccc(-c2nc(-c3ccc(-c4ccc(-c5c6ccccc6cc6c5ccc5ccccc56)cc4)cc3)nc(-c3ccccc3-n3c4ccccc4c4ccccc43)n2)cc1. The predicted octanol–water partition coefficient (Wildman–Crippen LogP) is 14.8. The summed E-state index contributed by atoms with van der Waals surface area (Å²) in [6, 6.07) is 77.6. The van der Waals surface area contributed by atoms with Crippen LogP contribution in [0.25, 0.3) is 116 Å². The molecule has 284 valence electrons. The van der Waals surface area contributed by atoms with Crippen LogP contribution in [0.1, 0.15) is 0 Å². The Balaban J connectivity index is 0.943. The fourth-order valence-corrected chi connectivity index (χ4v) is 9.15. The lowest BCUT2D eigenvalue weighted by Crippen LogP contribution is -2.03. The molecule has 0 saturated heterocycles. The van der Waals surface area contributed by atoms with Gasteiger partial charge in [-0.25, -0.2) is 15.0 Å². The van der Waals surface area contributed by atoms with Crippen LogP contribution in [-0.4, -0.2) is 19.5 Å². The Labute approximate surface area is 352 Å². The Morgan fingerprint density at radius 2 is 0.770 bits per heavy atom. The summed E-state index contributed by atoms with van der Waals surface area (Å²) in [5.41, 5.74) is 10.8. The minimum absolute atomic E-state index is 0.620. The lowest BCUT2D eigenvalue weighted by atomic mass is 9.89. The number of rotatable bonds is 6. The molecule has 0 bridgehead atoms. The molecule has 12 aromatic rings. The molecule has 4 nitrogen and oxygen atoms in total. The second-order valence-corrected chi connectivity index (χ2v) is 15.6. The quantitative estimate of drug-likeness (QED) is 0.125. The van der Waals surface area contributed by atoms with Crippen molar-refractivity contribution in [3.63, 3.8) is 0 Å². The van der Waals surface area contributed by atoms with Crippen molar-refractivity contribution >= 4 is 54.1 Å². The largest absolute Gasteiger partial charge is 0.309 e. The molecule has 0 saturated carbocycles. The molecule has 4 heteroatoms. The molecular weight excluding hydrogens is 741 g/mol. The second-order valence-electron chi connectivity index (χ2n) is 15.6. The van der Waals surface area contributed by atoms with Gasteiger partial charge in [0.2, 0.25) is 0 Å². The smallest absolute Gasteiger partial charge is 0.166 e. The molecule has 0 amide bonds. The van der Waals surface area contributed by atoms with E-state index in [2.05, 4.69) is 205 Å². The average molecular weight is 777 g/mol. The molecule has 0 spiro atoms. The molecule has 0 radical (unpaired) electrons. The monoisotopic (exact) mass is 776 g/mol. The molecule has 61 heavy (non-hydrogen) atoms. The van der Waals surface area contributed by atoms with Crippen LogP contribution in [-0.2, 0) is 0 Å². The van der Waals surface area contributed by atoms with E-state index in [0.717, 1.165) is 44.5 Å². The summed E-state index contributed by atoms with van der Waals surface area (Å²) in [5, 5.41) is 9.98. The van der Waals surface area contributed by atoms with Crippen LogP contribution in [0.3, 0.4) is 0 Å². The van der Waals surface area contributed by atoms with E-state index in [9.17, 15) is 0 Å². The van der Waals surface area contributed by atoms with E-state index >= 15 is 0 Å². The van der Waals surface area contributed by atoms with Gasteiger partial charge in [0.1, 0.15) is 0 Å². The third kappa shape index (κ3) is 5.88. The molecule has 0 aliphatic heterocycles. The number of fused-ring (bicyclic) bond motifs is 7. The summed E-state index contributed by atoms with van der Waals surface area (Å²) < 4.78 is 2.33. The van der Waals surface area contributed by atoms with Crippen LogP contribution >= 0.6 is 0 Å². The predicted molar refractivity (Wildman–Crippen MR) is 254 cm³/mol. The first kappa shape index (κ1) is 34.8. The Bertz CT molecular complexity index is 3570. The molecule has 0 atom stereocenters. The van der Waals surface area contributed by atoms with Crippen LogP contribution in [0.15, 0.2) is 218 Å². The lowest BCUT2D eigenvalue weighted by molar-refractivity contribution is 1.06. The van der Waals surface area contributed by atoms with Gasteiger partial charge in [-0.3, -0.25) is 0 Å². The maximum atomic E-state index is 5.21. The van der Waals surface area contributed by atoms with Gasteiger partial charge >= 0.3 is 0 Å². The first-order valence-electron chi connectivity index (χ1n) is 20.7. The fourth-order valence-electron chi connectivity index (χ4n) is 9.15. The normalized spacial score (nSPS) is 11.6. The third-order valence-electron chi connectivity index (χ3n) is 12.1. The molecule has 12 rings (SSSR count). The number of hydrogen-bond donors (Lipinski definition) is 0. The van der Waals surface area contributed by atoms with E-state index in [1.807, 2.05) is 18.2 Å². The highest BCUT2D eigenvalue weighted by molar-refractivity contribution is 6.20. The molecule has 0 unspecified atom stereocenters. The first-order chi connectivity index (χ1) is 30.2. The Hall–Kier alpha value is -8.21. The molecule has 2 heterocycles. The summed E-state index contributed by atoms with van der Waals surface area (Å²) in [6.45, 7) is 0. The van der Waals surface area contributed by atoms with E-state index in [0.29, 0.717) is 17.5 Å². The van der Waals surface area contributed by atoms with E-state index in [1.54, 1.807) is 0 Å². The van der Waals surface area contributed by atoms with Gasteiger partial charge in [0.05, 0.1) is 16.7 Å². The highest BCUT2D eigenvalue weighted by Crippen LogP contribution is 2.41. The third-order valence-corrected chi connectivity index (χ3v) is 12.1. The summed E-state index contributed by atoms with van der Waals surface area (Å²) in [7, 11) is 0. The standard InChI is InChI=1S/C57H36N4/c1-2-15-41(16-3-1)55-58-56(60-57(59-55)49-22-10-13-25-53(49)61-51-23-11-8-20-46(51)47-21-9-12-24-52(47)61)42-32-28-38(29-33-42)37-26-30-40(31-27-37)54-45-19-7-5-17-43(45)36-50-44-18-6-4-14-39(44)34-35-48(50)54/h1-36H. The highest BCUT2D eigenvalue weighted by Gasteiger charge is 2.19. The zero-order valence-corrected chi connectivity index (χ0v) is 33.1. The van der Waals surface area contributed by atoms with Gasteiger partial charge in [0.25, 0.3) is 0 Å². The lowest BCUT2D eigenvalue weighted by Gasteiger charge is -2.15. The number of benzene rings is 10. The van der Waals surface area contributed by atoms with E-state index in [-0.39, 0.29) is 0 Å². The minimum Gasteiger partial charge on any atom is -0.309 e. The molecule has 0 aliphatic rings. The van der Waals surface area contributed by atoms with Crippen LogP contribution in [0, 0.1) is 0 Å². The molecule has 0 aliphatic carbocycles. The van der Waals surface area contributed by atoms with Gasteiger partial charge < -0.3 is 4.57 Å². The zero-order chi connectivity index (χ0) is 40.3. The van der Waals surface area contributed by atoms with Gasteiger partial charge in [0, 0.05) is 27.5 Å². The summed E-state index contributed by atoms with van der Waals surface area (Å²) >= 11 is 0. The van der Waals surface area contributed by atoms with Crippen molar-refractivity contribution in [2.24, 2.45) is 0 Å². The average Bonchev–Trinajstić information content (AvgIpc) is 3.68. The van der Waals surface area contributed by atoms with Crippen LogP contribution in [0.4, 0.5) is 0 Å². The summed E-state index contributed by atoms with van der Waals surface area (Å²) in [6.07, 6.45) is 0. The number of hydrogen-bond acceptors (Lipinski definition) is 3. The van der Waals surface area contributed by atoms with Crippen molar-refractivity contribution in [3.05, 3.63) is 218 Å². The van der Waals surface area contributed by atoms with Crippen molar-refractivity contribution in [2.75, 3.05) is 0 Å². The number of nitrogens with zero attached hydrogens (tertiary/aromatic N) is 4. The molecular formula is C57H36N4. The molecule has 2 aromatic heterocycles. The van der Waals surface area contributed by atoms with Crippen molar-refractivity contribution in [1.82, 2.24) is 19.5 Å². The zero-order valence-electron chi connectivity index (χ0n) is 33.1. The minimum atomic E-state index is 0.620. The van der Waals surface area contributed by atoms with E-state index in [4.69, 9.17) is 15.0 Å². The molecule has 0 fully saturated rings. The van der Waals surface area contributed by atoms with E-state index < -0.39 is 0 Å². The van der Waals surface area contributed by atoms with Gasteiger partial charge in [-0.1, -0.05) is 188 Å². The number of para-hydroxylation sites is 3.